The summed E-state index contributed by atoms with van der Waals surface area (Å²) in [5, 5.41) is 12.4. The van der Waals surface area contributed by atoms with Crippen LogP contribution in [0, 0.1) is 0 Å². The zero-order chi connectivity index (χ0) is 20.2. The fraction of sp³-hybridized carbons (Fsp3) is 0.889. The van der Waals surface area contributed by atoms with E-state index in [0.29, 0.717) is 0 Å². The maximum Gasteiger partial charge on any atom is 0.408 e. The van der Waals surface area contributed by atoms with Crippen LogP contribution in [0.2, 0.25) is 16.6 Å². The van der Waals surface area contributed by atoms with Gasteiger partial charge in [0.1, 0.15) is 5.60 Å². The second-order valence-electron chi connectivity index (χ2n) is 8.60. The Labute approximate surface area is 153 Å². The number of amides is 1. The number of carbonyl (C=O) groups excluding carboxylic acids is 2. The predicted octanol–water partition coefficient (Wildman–Crippen LogP) is 3.98. The second kappa shape index (κ2) is 9.03. The Hall–Kier alpha value is -1.08. The second-order valence-corrected chi connectivity index (χ2v) is 14.0. The number of nitrogens with one attached hydrogen (secondary N) is 1. The minimum atomic E-state index is -2.45. The van der Waals surface area contributed by atoms with E-state index >= 15 is 0 Å². The summed E-state index contributed by atoms with van der Waals surface area (Å²) in [7, 11) is -2.45. The molecule has 25 heavy (non-hydrogen) atoms. The van der Waals surface area contributed by atoms with Gasteiger partial charge in [0.15, 0.2) is 6.04 Å². The third-order valence-corrected chi connectivity index (χ3v) is 10.4. The van der Waals surface area contributed by atoms with Crippen LogP contribution in [0.25, 0.3) is 0 Å². The van der Waals surface area contributed by atoms with Gasteiger partial charge in [-0.25, -0.2) is 4.79 Å². The van der Waals surface area contributed by atoms with Gasteiger partial charge in [-0.05, 0) is 44.3 Å². The molecule has 0 aromatic carbocycles. The summed E-state index contributed by atoms with van der Waals surface area (Å²) in [4.78, 5) is 24.8. The summed E-state index contributed by atoms with van der Waals surface area (Å²) in [6.07, 6.45) is -1.83. The van der Waals surface area contributed by atoms with Gasteiger partial charge in [0, 0.05) is 0 Å². The van der Waals surface area contributed by atoms with Crippen LogP contribution >= 0.6 is 0 Å². The molecule has 7 heteroatoms. The topological polar surface area (TPSA) is 84.9 Å². The number of aliphatic hydroxyl groups excluding tert-OH is 1. The fourth-order valence-corrected chi connectivity index (χ4v) is 8.58. The van der Waals surface area contributed by atoms with Crippen LogP contribution in [0.15, 0.2) is 0 Å². The van der Waals surface area contributed by atoms with Crippen molar-refractivity contribution in [2.75, 3.05) is 0 Å². The third kappa shape index (κ3) is 6.62. The minimum Gasteiger partial charge on any atom is -0.517 e. The van der Waals surface area contributed by atoms with Crippen molar-refractivity contribution in [1.29, 1.82) is 0 Å². The molecular weight excluding hydrogens is 338 g/mol. The van der Waals surface area contributed by atoms with Crippen LogP contribution in [0.5, 0.6) is 0 Å². The average molecular weight is 376 g/mol. The monoisotopic (exact) mass is 375 g/mol. The zero-order valence-corrected chi connectivity index (χ0v) is 18.5. The largest absolute Gasteiger partial charge is 0.517 e. The maximum absolute atomic E-state index is 12.8. The highest BCUT2D eigenvalue weighted by Gasteiger charge is 2.49. The number of hydrogen-bond donors (Lipinski definition) is 2. The lowest BCUT2D eigenvalue weighted by Crippen LogP contribution is -2.56. The molecular formula is C18H37NO5Si. The molecule has 0 bridgehead atoms. The normalized spacial score (nSPS) is 15.3. The number of ether oxygens (including phenoxy) is 1. The van der Waals surface area contributed by atoms with Crippen LogP contribution in [-0.2, 0) is 14.0 Å². The molecule has 6 nitrogen and oxygen atoms in total. The molecule has 0 aromatic heterocycles. The van der Waals surface area contributed by atoms with Crippen LogP contribution in [0.4, 0.5) is 4.79 Å². The average Bonchev–Trinajstić information content (AvgIpc) is 2.38. The van der Waals surface area contributed by atoms with Crippen LogP contribution in [-0.4, -0.2) is 43.2 Å². The Bertz CT molecular complexity index is 433. The van der Waals surface area contributed by atoms with Gasteiger partial charge in [0.25, 0.3) is 8.32 Å². The van der Waals surface area contributed by atoms with Crippen molar-refractivity contribution in [3.63, 3.8) is 0 Å². The van der Waals surface area contributed by atoms with Gasteiger partial charge in [-0.15, -0.1) is 0 Å². The molecule has 0 heterocycles. The molecule has 0 aliphatic rings. The molecule has 0 aliphatic heterocycles. The van der Waals surface area contributed by atoms with Crippen LogP contribution in [0.1, 0.15) is 69.2 Å². The first-order valence-electron chi connectivity index (χ1n) is 9.05. The number of aliphatic hydroxyl groups is 1. The Balaban J connectivity index is 5.44. The fourth-order valence-electron chi connectivity index (χ4n) is 3.40. The van der Waals surface area contributed by atoms with Gasteiger partial charge in [0.2, 0.25) is 0 Å². The maximum atomic E-state index is 12.8. The smallest absolute Gasteiger partial charge is 0.408 e. The summed E-state index contributed by atoms with van der Waals surface area (Å²) in [5.74, 6) is -0.594. The van der Waals surface area contributed by atoms with Crippen LogP contribution < -0.4 is 5.32 Å². The minimum absolute atomic E-state index is 0.215. The van der Waals surface area contributed by atoms with Gasteiger partial charge in [-0.3, -0.25) is 4.79 Å². The van der Waals surface area contributed by atoms with E-state index in [4.69, 9.17) is 9.16 Å². The van der Waals surface area contributed by atoms with Crippen molar-refractivity contribution < 1.29 is 23.9 Å². The standard InChI is InChI=1S/C18H37NO5Si/c1-11(2)25(12(3)4,13(5)6)24-16(21)15(14(7)20)19-17(22)23-18(8,9)10/h11-15,20H,1-10H3,(H,19,22)/t14-,15+/m1/s1. The number of alkyl carbamates (subject to hydrolysis) is 1. The number of hydrogen-bond acceptors (Lipinski definition) is 5. The van der Waals surface area contributed by atoms with E-state index in [1.807, 2.05) is 0 Å². The van der Waals surface area contributed by atoms with Crippen molar-refractivity contribution in [1.82, 2.24) is 5.32 Å². The van der Waals surface area contributed by atoms with Crippen molar-refractivity contribution in [3.05, 3.63) is 0 Å². The Morgan fingerprint density at radius 1 is 0.920 bits per heavy atom. The van der Waals surface area contributed by atoms with Crippen molar-refractivity contribution in [3.8, 4) is 0 Å². The first-order valence-corrected chi connectivity index (χ1v) is 11.2. The highest BCUT2D eigenvalue weighted by molar-refractivity contribution is 6.79. The zero-order valence-electron chi connectivity index (χ0n) is 17.5. The molecule has 2 atom stereocenters. The molecule has 0 spiro atoms. The predicted molar refractivity (Wildman–Crippen MR) is 102 cm³/mol. The van der Waals surface area contributed by atoms with E-state index in [1.54, 1.807) is 20.8 Å². The molecule has 1 amide bonds. The molecule has 0 saturated carbocycles. The first kappa shape index (κ1) is 23.9. The quantitative estimate of drug-likeness (QED) is 0.658. The lowest BCUT2D eigenvalue weighted by atomic mass is 10.2. The summed E-state index contributed by atoms with van der Waals surface area (Å²) >= 11 is 0. The summed E-state index contributed by atoms with van der Waals surface area (Å²) in [5.41, 5.74) is -0.0448. The highest BCUT2D eigenvalue weighted by Crippen LogP contribution is 2.42. The molecule has 0 saturated heterocycles. The van der Waals surface area contributed by atoms with Gasteiger partial charge < -0.3 is 19.6 Å². The molecule has 0 rings (SSSR count). The molecule has 0 unspecified atom stereocenters. The van der Waals surface area contributed by atoms with Crippen LogP contribution in [0.3, 0.4) is 0 Å². The summed E-state index contributed by atoms with van der Waals surface area (Å²) in [6.45, 7) is 19.1. The summed E-state index contributed by atoms with van der Waals surface area (Å²) in [6, 6.07) is -1.15. The molecule has 0 radical (unpaired) electrons. The van der Waals surface area contributed by atoms with Gasteiger partial charge in [0.05, 0.1) is 6.10 Å². The molecule has 2 N–H and O–H groups in total. The molecule has 0 aromatic rings. The Kier molecular flexibility index (Phi) is 8.64. The lowest BCUT2D eigenvalue weighted by Gasteiger charge is -2.42. The van der Waals surface area contributed by atoms with Gasteiger partial charge >= 0.3 is 12.1 Å². The molecule has 0 aliphatic carbocycles. The van der Waals surface area contributed by atoms with E-state index in [-0.39, 0.29) is 16.6 Å². The van der Waals surface area contributed by atoms with E-state index in [0.717, 1.165) is 0 Å². The summed E-state index contributed by atoms with van der Waals surface area (Å²) < 4.78 is 11.2. The van der Waals surface area contributed by atoms with Crippen molar-refractivity contribution >= 4 is 20.4 Å². The Morgan fingerprint density at radius 3 is 1.60 bits per heavy atom. The SMILES string of the molecule is CC(C)[Si](OC(=O)[C@@H](NC(=O)OC(C)(C)C)[C@@H](C)O)(C(C)C)C(C)C. The van der Waals surface area contributed by atoms with Crippen molar-refractivity contribution in [2.24, 2.45) is 0 Å². The van der Waals surface area contributed by atoms with Crippen molar-refractivity contribution in [2.45, 2.75) is 104 Å². The lowest BCUT2D eigenvalue weighted by molar-refractivity contribution is -0.140. The number of rotatable bonds is 7. The number of carbonyl (C=O) groups is 2. The third-order valence-electron chi connectivity index (χ3n) is 4.39. The van der Waals surface area contributed by atoms with E-state index in [1.165, 1.54) is 6.92 Å². The molecule has 0 fully saturated rings. The van der Waals surface area contributed by atoms with E-state index in [2.05, 4.69) is 46.9 Å². The Morgan fingerprint density at radius 2 is 1.32 bits per heavy atom. The van der Waals surface area contributed by atoms with Gasteiger partial charge in [-0.1, -0.05) is 41.5 Å². The molecule has 148 valence electrons. The van der Waals surface area contributed by atoms with E-state index in [9.17, 15) is 14.7 Å². The van der Waals surface area contributed by atoms with E-state index < -0.39 is 38.1 Å². The highest BCUT2D eigenvalue weighted by atomic mass is 28.4. The first-order chi connectivity index (χ1) is 11.1. The van der Waals surface area contributed by atoms with Gasteiger partial charge in [-0.2, -0.15) is 0 Å².